The third-order valence-electron chi connectivity index (χ3n) is 1.69. The average molecular weight is 206 g/mol. The fraction of sp³-hybridized carbons (Fsp3) is 0.400. The lowest BCUT2D eigenvalue weighted by Gasteiger charge is -2.09. The van der Waals surface area contributed by atoms with Crippen LogP contribution in [-0.4, -0.2) is 16.6 Å². The topological polar surface area (TPSA) is 73.1 Å². The van der Waals surface area contributed by atoms with E-state index in [9.17, 15) is 0 Å². The summed E-state index contributed by atoms with van der Waals surface area (Å²) in [6.45, 7) is 4.15. The standard InChI is InChI=1S/C10H14N4O/c1-4-5-15-9-6-8(14-11)12-10(13-9)7(2)3/h1,6-7H,5,11H2,2-3H3,(H,12,13,14). The Bertz CT molecular complexity index is 370. The molecule has 1 rings (SSSR count). The third kappa shape index (κ3) is 3.11. The van der Waals surface area contributed by atoms with Crippen LogP contribution >= 0.6 is 0 Å². The van der Waals surface area contributed by atoms with Crippen molar-refractivity contribution in [2.75, 3.05) is 12.0 Å². The van der Waals surface area contributed by atoms with Gasteiger partial charge in [-0.1, -0.05) is 19.8 Å². The molecule has 0 spiro atoms. The fourth-order valence-electron chi connectivity index (χ4n) is 0.965. The summed E-state index contributed by atoms with van der Waals surface area (Å²) in [5, 5.41) is 0. The van der Waals surface area contributed by atoms with Gasteiger partial charge in [0.05, 0.1) is 0 Å². The van der Waals surface area contributed by atoms with Gasteiger partial charge in [0.1, 0.15) is 11.6 Å². The van der Waals surface area contributed by atoms with Gasteiger partial charge in [-0.05, 0) is 0 Å². The van der Waals surface area contributed by atoms with Crippen LogP contribution < -0.4 is 16.0 Å². The minimum atomic E-state index is 0.179. The summed E-state index contributed by atoms with van der Waals surface area (Å²) >= 11 is 0. The van der Waals surface area contributed by atoms with Crippen molar-refractivity contribution in [1.29, 1.82) is 0 Å². The predicted octanol–water partition coefficient (Wildman–Crippen LogP) is 0.898. The van der Waals surface area contributed by atoms with Crippen LogP contribution in [0.15, 0.2) is 6.07 Å². The van der Waals surface area contributed by atoms with Gasteiger partial charge < -0.3 is 10.2 Å². The Morgan fingerprint density at radius 3 is 2.87 bits per heavy atom. The molecule has 0 fully saturated rings. The van der Waals surface area contributed by atoms with Gasteiger partial charge in [-0.15, -0.1) is 6.42 Å². The minimum absolute atomic E-state index is 0.179. The van der Waals surface area contributed by atoms with E-state index in [2.05, 4.69) is 21.3 Å². The number of rotatable bonds is 4. The highest BCUT2D eigenvalue weighted by molar-refractivity contribution is 5.37. The maximum atomic E-state index is 5.28. The lowest BCUT2D eigenvalue weighted by Crippen LogP contribution is -2.12. The summed E-state index contributed by atoms with van der Waals surface area (Å²) in [5.74, 6) is 9.46. The second kappa shape index (κ2) is 5.17. The van der Waals surface area contributed by atoms with Gasteiger partial charge >= 0.3 is 0 Å². The van der Waals surface area contributed by atoms with Crippen LogP contribution in [0.1, 0.15) is 25.6 Å². The monoisotopic (exact) mass is 206 g/mol. The van der Waals surface area contributed by atoms with E-state index >= 15 is 0 Å². The Hall–Kier alpha value is -1.80. The van der Waals surface area contributed by atoms with Gasteiger partial charge in [0.2, 0.25) is 5.88 Å². The van der Waals surface area contributed by atoms with Crippen LogP contribution in [-0.2, 0) is 0 Å². The van der Waals surface area contributed by atoms with Crippen LogP contribution in [0, 0.1) is 12.3 Å². The van der Waals surface area contributed by atoms with Gasteiger partial charge in [0.25, 0.3) is 0 Å². The lowest BCUT2D eigenvalue weighted by molar-refractivity contribution is 0.352. The molecule has 80 valence electrons. The number of aromatic nitrogens is 2. The first-order valence-corrected chi connectivity index (χ1v) is 4.59. The number of nitrogens with one attached hydrogen (secondary N) is 1. The molecule has 0 radical (unpaired) electrons. The molecule has 0 aliphatic carbocycles. The van der Waals surface area contributed by atoms with Crippen molar-refractivity contribution >= 4 is 5.82 Å². The van der Waals surface area contributed by atoms with Crippen LogP contribution in [0.4, 0.5) is 5.82 Å². The lowest BCUT2D eigenvalue weighted by atomic mass is 10.2. The molecule has 0 aliphatic heterocycles. The molecule has 1 aromatic rings. The maximum Gasteiger partial charge on any atom is 0.219 e. The summed E-state index contributed by atoms with van der Waals surface area (Å²) in [6, 6.07) is 1.60. The van der Waals surface area contributed by atoms with Crippen molar-refractivity contribution < 1.29 is 4.74 Å². The predicted molar refractivity (Wildman–Crippen MR) is 58.3 cm³/mol. The van der Waals surface area contributed by atoms with Gasteiger partial charge in [0.15, 0.2) is 6.61 Å². The minimum Gasteiger partial charge on any atom is -0.464 e. The van der Waals surface area contributed by atoms with E-state index in [-0.39, 0.29) is 12.5 Å². The van der Waals surface area contributed by atoms with E-state index in [1.165, 1.54) is 0 Å². The largest absolute Gasteiger partial charge is 0.464 e. The number of nitrogen functional groups attached to an aromatic ring is 1. The van der Waals surface area contributed by atoms with Crippen molar-refractivity contribution in [2.45, 2.75) is 19.8 Å². The zero-order valence-electron chi connectivity index (χ0n) is 8.82. The van der Waals surface area contributed by atoms with Crippen LogP contribution in [0.2, 0.25) is 0 Å². The maximum absolute atomic E-state index is 5.28. The Morgan fingerprint density at radius 1 is 1.60 bits per heavy atom. The SMILES string of the molecule is C#CCOc1cc(NN)nc(C(C)C)n1. The zero-order valence-corrected chi connectivity index (χ0v) is 8.82. The highest BCUT2D eigenvalue weighted by Gasteiger charge is 2.07. The molecule has 0 unspecified atom stereocenters. The molecule has 15 heavy (non-hydrogen) atoms. The third-order valence-corrected chi connectivity index (χ3v) is 1.69. The van der Waals surface area contributed by atoms with E-state index in [0.717, 1.165) is 0 Å². The van der Waals surface area contributed by atoms with Crippen LogP contribution in [0.3, 0.4) is 0 Å². The first kappa shape index (κ1) is 11.3. The summed E-state index contributed by atoms with van der Waals surface area (Å²) in [6.07, 6.45) is 5.09. The molecular formula is C10H14N4O. The summed E-state index contributed by atoms with van der Waals surface area (Å²) in [7, 11) is 0. The molecule has 0 atom stereocenters. The molecular weight excluding hydrogens is 192 g/mol. The number of hydrazine groups is 1. The van der Waals surface area contributed by atoms with Crippen molar-refractivity contribution in [3.63, 3.8) is 0 Å². The highest BCUT2D eigenvalue weighted by atomic mass is 16.5. The molecule has 5 nitrogen and oxygen atoms in total. The normalized spacial score (nSPS) is 9.80. The highest BCUT2D eigenvalue weighted by Crippen LogP contribution is 2.17. The number of terminal acetylenes is 1. The molecule has 5 heteroatoms. The number of nitrogens with two attached hydrogens (primary N) is 1. The first-order chi connectivity index (χ1) is 7.17. The van der Waals surface area contributed by atoms with E-state index < -0.39 is 0 Å². The molecule has 0 aromatic carbocycles. The van der Waals surface area contributed by atoms with Gasteiger partial charge in [-0.2, -0.15) is 4.98 Å². The van der Waals surface area contributed by atoms with Gasteiger partial charge in [0, 0.05) is 12.0 Å². The van der Waals surface area contributed by atoms with Crippen LogP contribution in [0.5, 0.6) is 5.88 Å². The Labute approximate surface area is 89.0 Å². The number of hydrogen-bond donors (Lipinski definition) is 2. The number of anilines is 1. The first-order valence-electron chi connectivity index (χ1n) is 4.59. The van der Waals surface area contributed by atoms with Crippen molar-refractivity contribution in [3.05, 3.63) is 11.9 Å². The quantitative estimate of drug-likeness (QED) is 0.435. The van der Waals surface area contributed by atoms with Crippen LogP contribution in [0.25, 0.3) is 0 Å². The van der Waals surface area contributed by atoms with Crippen molar-refractivity contribution in [3.8, 4) is 18.2 Å². The fourth-order valence-corrected chi connectivity index (χ4v) is 0.965. The summed E-state index contributed by atoms with van der Waals surface area (Å²) in [5.41, 5.74) is 2.46. The molecule has 3 N–H and O–H groups in total. The summed E-state index contributed by atoms with van der Waals surface area (Å²) in [4.78, 5) is 8.37. The molecule has 0 saturated carbocycles. The van der Waals surface area contributed by atoms with Gasteiger partial charge in [-0.25, -0.2) is 10.8 Å². The Balaban J connectivity index is 2.96. The smallest absolute Gasteiger partial charge is 0.219 e. The van der Waals surface area contributed by atoms with E-state index in [1.54, 1.807) is 6.07 Å². The second-order valence-electron chi connectivity index (χ2n) is 3.24. The number of nitrogens with zero attached hydrogens (tertiary/aromatic N) is 2. The molecule has 1 heterocycles. The Kier molecular flexibility index (Phi) is 3.89. The molecule has 0 bridgehead atoms. The van der Waals surface area contributed by atoms with Crippen molar-refractivity contribution in [2.24, 2.45) is 5.84 Å². The van der Waals surface area contributed by atoms with E-state index in [1.807, 2.05) is 13.8 Å². The molecule has 0 amide bonds. The summed E-state index contributed by atoms with van der Waals surface area (Å²) < 4.78 is 5.21. The molecule has 1 aromatic heterocycles. The number of ether oxygens (including phenoxy) is 1. The number of hydrogen-bond acceptors (Lipinski definition) is 5. The second-order valence-corrected chi connectivity index (χ2v) is 3.24. The molecule has 0 aliphatic rings. The van der Waals surface area contributed by atoms with E-state index in [0.29, 0.717) is 17.5 Å². The van der Waals surface area contributed by atoms with E-state index in [4.69, 9.17) is 17.0 Å². The Morgan fingerprint density at radius 2 is 2.33 bits per heavy atom. The average Bonchev–Trinajstić information content (AvgIpc) is 2.25. The van der Waals surface area contributed by atoms with Gasteiger partial charge in [-0.3, -0.25) is 0 Å². The van der Waals surface area contributed by atoms with Crippen molar-refractivity contribution in [1.82, 2.24) is 9.97 Å². The zero-order chi connectivity index (χ0) is 11.3. The molecule has 0 saturated heterocycles.